The van der Waals surface area contributed by atoms with Crippen molar-refractivity contribution in [2.75, 3.05) is 0 Å². The van der Waals surface area contributed by atoms with Gasteiger partial charge in [0.05, 0.1) is 8.41 Å². The molecular formula is C3H12B2. The lowest BCUT2D eigenvalue weighted by Gasteiger charge is -1.71. The molecular weight excluding hydrogens is 57.7 g/mol. The van der Waals surface area contributed by atoms with Gasteiger partial charge >= 0.3 is 0 Å². The van der Waals surface area contributed by atoms with Crippen molar-refractivity contribution in [1.82, 2.24) is 0 Å². The average Bonchev–Trinajstić information content (AvgIpc) is 0.811. The van der Waals surface area contributed by atoms with Crippen molar-refractivity contribution in [3.05, 3.63) is 0 Å². The second kappa shape index (κ2) is 4.13. The summed E-state index contributed by atoms with van der Waals surface area (Å²) in [6.45, 7) is 7.33. The summed E-state index contributed by atoms with van der Waals surface area (Å²) < 4.78 is 0. The topological polar surface area (TPSA) is 0 Å². The minimum Gasteiger partial charge on any atom is -0.0865 e. The highest BCUT2D eigenvalue weighted by Crippen LogP contribution is 1.68. The summed E-state index contributed by atoms with van der Waals surface area (Å²) in [7, 11) is 0. The fourth-order valence-corrected chi connectivity index (χ4v) is 0. The Morgan fingerprint density at radius 3 is 1.00 bits per heavy atom. The Morgan fingerprint density at radius 2 is 1.00 bits per heavy atom. The molecule has 0 aromatic rings. The molecule has 0 fully saturated rings. The van der Waals surface area contributed by atoms with Crippen LogP contribution in [0.2, 0.25) is 20.5 Å². The van der Waals surface area contributed by atoms with Crippen molar-refractivity contribution in [2.24, 2.45) is 0 Å². The van der Waals surface area contributed by atoms with Crippen LogP contribution in [-0.4, -0.2) is 15.1 Å². The van der Waals surface area contributed by atoms with E-state index in [-0.39, 0.29) is 8.41 Å². The standard InChI is InChI=1S/C3H9B.BH3/c1-4(2)3;/h1-3H3;1H3. The molecule has 30 valence electrons. The fourth-order valence-electron chi connectivity index (χ4n) is 0. The number of hydrogen-bond donors (Lipinski definition) is 0. The normalized spacial score (nSPS) is 5.40. The maximum Gasteiger partial charge on any atom is 0.130 e. The number of rotatable bonds is 0. The van der Waals surface area contributed by atoms with E-state index in [1.165, 1.54) is 0 Å². The average molecular weight is 69.8 g/mol. The molecule has 0 aliphatic rings. The van der Waals surface area contributed by atoms with Gasteiger partial charge in [0, 0.05) is 0 Å². The smallest absolute Gasteiger partial charge is 0.0865 e. The van der Waals surface area contributed by atoms with Crippen LogP contribution in [0.25, 0.3) is 0 Å². The second-order valence-corrected chi connectivity index (χ2v) is 1.73. The van der Waals surface area contributed by atoms with E-state index in [2.05, 4.69) is 20.5 Å². The molecule has 5 heavy (non-hydrogen) atoms. The predicted octanol–water partition coefficient (Wildman–Crippen LogP) is 0.187. The lowest BCUT2D eigenvalue weighted by molar-refractivity contribution is 1.91. The zero-order valence-electron chi connectivity index (χ0n) is 3.58. The molecule has 0 unspecified atom stereocenters. The van der Waals surface area contributed by atoms with Crippen LogP contribution in [0.5, 0.6) is 0 Å². The van der Waals surface area contributed by atoms with E-state index < -0.39 is 0 Å². The van der Waals surface area contributed by atoms with Gasteiger partial charge in [0.1, 0.15) is 6.71 Å². The lowest BCUT2D eigenvalue weighted by Crippen LogP contribution is -1.84. The Labute approximate surface area is 36.6 Å². The van der Waals surface area contributed by atoms with Crippen LogP contribution < -0.4 is 0 Å². The van der Waals surface area contributed by atoms with Crippen molar-refractivity contribution in [3.63, 3.8) is 0 Å². The van der Waals surface area contributed by atoms with Crippen LogP contribution in [0.4, 0.5) is 0 Å². The van der Waals surface area contributed by atoms with Crippen LogP contribution in [-0.2, 0) is 0 Å². The summed E-state index contributed by atoms with van der Waals surface area (Å²) in [4.78, 5) is 0. The molecule has 0 aliphatic carbocycles. The molecule has 0 saturated heterocycles. The molecule has 0 amide bonds. The van der Waals surface area contributed by atoms with Crippen LogP contribution >= 0.6 is 0 Å². The zero-order valence-corrected chi connectivity index (χ0v) is 3.58. The van der Waals surface area contributed by atoms with Crippen molar-refractivity contribution < 1.29 is 0 Å². The molecule has 2 heteroatoms. The first kappa shape index (κ1) is 8.93. The summed E-state index contributed by atoms with van der Waals surface area (Å²) in [6, 6.07) is 0. The quantitative estimate of drug-likeness (QED) is 0.356. The third-order valence-corrected chi connectivity index (χ3v) is 0. The first-order valence-electron chi connectivity index (χ1n) is 1.73. The van der Waals surface area contributed by atoms with E-state index in [1.807, 2.05) is 0 Å². The van der Waals surface area contributed by atoms with Gasteiger partial charge in [0.25, 0.3) is 0 Å². The van der Waals surface area contributed by atoms with Crippen molar-refractivity contribution in [1.29, 1.82) is 0 Å². The second-order valence-electron chi connectivity index (χ2n) is 1.73. The zero-order chi connectivity index (χ0) is 3.58. The highest BCUT2D eigenvalue weighted by Gasteiger charge is 1.76. The minimum atomic E-state index is 0. The summed E-state index contributed by atoms with van der Waals surface area (Å²) in [6.07, 6.45) is 0. The monoisotopic (exact) mass is 70.1 g/mol. The van der Waals surface area contributed by atoms with Crippen molar-refractivity contribution in [3.8, 4) is 0 Å². The van der Waals surface area contributed by atoms with Gasteiger partial charge in [-0.15, -0.1) is 0 Å². The predicted molar refractivity (Wildman–Crippen MR) is 33.3 cm³/mol. The molecule has 0 atom stereocenters. The molecule has 0 bridgehead atoms. The van der Waals surface area contributed by atoms with Gasteiger partial charge in [0.15, 0.2) is 0 Å². The highest BCUT2D eigenvalue weighted by molar-refractivity contribution is 6.54. The SMILES string of the molecule is B.CB(C)C. The molecule has 0 N–H and O–H groups in total. The summed E-state index contributed by atoms with van der Waals surface area (Å²) in [5, 5.41) is 0. The third kappa shape index (κ3) is 1110. The van der Waals surface area contributed by atoms with Gasteiger partial charge in [-0.25, -0.2) is 0 Å². The van der Waals surface area contributed by atoms with Crippen LogP contribution in [0.3, 0.4) is 0 Å². The van der Waals surface area contributed by atoms with E-state index >= 15 is 0 Å². The van der Waals surface area contributed by atoms with Crippen LogP contribution in [0.15, 0.2) is 0 Å². The van der Waals surface area contributed by atoms with E-state index in [9.17, 15) is 0 Å². The Bertz CT molecular complexity index is 9.61. The Balaban J connectivity index is 0. The first-order chi connectivity index (χ1) is 1.73. The molecule has 0 rings (SSSR count). The molecule has 0 aliphatic heterocycles. The van der Waals surface area contributed by atoms with Gasteiger partial charge in [-0.3, -0.25) is 0 Å². The largest absolute Gasteiger partial charge is 0.130 e. The first-order valence-corrected chi connectivity index (χ1v) is 1.73. The summed E-state index contributed by atoms with van der Waals surface area (Å²) >= 11 is 0. The van der Waals surface area contributed by atoms with E-state index in [0.29, 0.717) is 0 Å². The van der Waals surface area contributed by atoms with Crippen LogP contribution in [0, 0.1) is 0 Å². The number of hydrogen-bond acceptors (Lipinski definition) is 0. The molecule has 0 aromatic carbocycles. The minimum absolute atomic E-state index is 0. The molecule has 0 saturated carbocycles. The Hall–Kier alpha value is 0.130. The molecule has 0 spiro atoms. The van der Waals surface area contributed by atoms with Gasteiger partial charge in [-0.1, -0.05) is 20.5 Å². The third-order valence-electron chi connectivity index (χ3n) is 0. The summed E-state index contributed by atoms with van der Waals surface area (Å²) in [5.41, 5.74) is 0. The Kier molecular flexibility index (Phi) is 7.38. The highest BCUT2D eigenvalue weighted by atomic mass is 13.2. The van der Waals surface area contributed by atoms with E-state index in [0.717, 1.165) is 6.71 Å². The Morgan fingerprint density at radius 1 is 1.00 bits per heavy atom. The van der Waals surface area contributed by atoms with Crippen LogP contribution in [0.1, 0.15) is 0 Å². The van der Waals surface area contributed by atoms with Gasteiger partial charge in [-0.05, 0) is 0 Å². The lowest BCUT2D eigenvalue weighted by atomic mass is 9.58. The van der Waals surface area contributed by atoms with Gasteiger partial charge in [0.2, 0.25) is 0 Å². The van der Waals surface area contributed by atoms with Crippen molar-refractivity contribution in [2.45, 2.75) is 20.5 Å². The summed E-state index contributed by atoms with van der Waals surface area (Å²) in [5.74, 6) is 0. The molecule has 0 radical (unpaired) electrons. The maximum atomic E-state index is 2.17. The van der Waals surface area contributed by atoms with E-state index in [1.54, 1.807) is 0 Å². The maximum absolute atomic E-state index is 2.17. The fraction of sp³-hybridized carbons (Fsp3) is 1.00. The molecule has 0 heterocycles. The van der Waals surface area contributed by atoms with Gasteiger partial charge in [-0.2, -0.15) is 0 Å². The van der Waals surface area contributed by atoms with Crippen molar-refractivity contribution >= 4 is 15.1 Å². The molecule has 0 nitrogen and oxygen atoms in total. The molecule has 0 aromatic heterocycles. The van der Waals surface area contributed by atoms with Gasteiger partial charge < -0.3 is 0 Å². The van der Waals surface area contributed by atoms with E-state index in [4.69, 9.17) is 0 Å².